The summed E-state index contributed by atoms with van der Waals surface area (Å²) in [5.41, 5.74) is -1.60. The second-order valence-electron chi connectivity index (χ2n) is 4.13. The van der Waals surface area contributed by atoms with Crippen LogP contribution in [-0.4, -0.2) is 59.4 Å². The first kappa shape index (κ1) is 13.9. The maximum Gasteiger partial charge on any atom is 0.330 e. The number of aromatic nitrogens is 2. The summed E-state index contributed by atoms with van der Waals surface area (Å²) in [4.78, 5) is 24.3. The molecule has 2 heterocycles. The van der Waals surface area contributed by atoms with E-state index in [9.17, 15) is 19.8 Å². The minimum atomic E-state index is -3.39. The maximum atomic E-state index is 11.5. The number of nitrogens with zero attached hydrogens (tertiary/aromatic N) is 1. The van der Waals surface area contributed by atoms with Crippen LogP contribution in [0.3, 0.4) is 0 Å². The summed E-state index contributed by atoms with van der Waals surface area (Å²) in [5, 5.41) is 46.1. The van der Waals surface area contributed by atoms with Crippen LogP contribution in [-0.2, 0) is 4.74 Å². The topological polar surface area (TPSA) is 165 Å². The molecule has 0 aromatic carbocycles. The largest absolute Gasteiger partial charge is 0.387 e. The zero-order valence-electron chi connectivity index (χ0n) is 9.37. The molecule has 10 nitrogen and oxygen atoms in total. The monoisotopic (exact) mass is 276 g/mol. The summed E-state index contributed by atoms with van der Waals surface area (Å²) >= 11 is 0. The van der Waals surface area contributed by atoms with E-state index in [2.05, 4.69) is 0 Å². The average Bonchev–Trinajstić information content (AvgIpc) is 2.56. The van der Waals surface area contributed by atoms with Crippen LogP contribution in [0.2, 0.25) is 0 Å². The van der Waals surface area contributed by atoms with Gasteiger partial charge >= 0.3 is 11.7 Å². The van der Waals surface area contributed by atoms with E-state index in [0.29, 0.717) is 0 Å². The number of rotatable bonds is 2. The van der Waals surface area contributed by atoms with E-state index in [1.165, 1.54) is 0 Å². The Bertz CT molecular complexity index is 573. The zero-order valence-corrected chi connectivity index (χ0v) is 9.37. The SMILES string of the molecule is O=c1ccn([C@@H]2O[C@H](C(O)(O)O)[C@@H](O)[C@H]2O)c(=O)[nH]1. The maximum absolute atomic E-state index is 11.5. The molecule has 4 atom stereocenters. The zero-order chi connectivity index (χ0) is 14.4. The molecule has 0 unspecified atom stereocenters. The Balaban J connectivity index is 2.37. The van der Waals surface area contributed by atoms with Crippen molar-refractivity contribution in [1.29, 1.82) is 0 Å². The average molecular weight is 276 g/mol. The third-order valence-electron chi connectivity index (χ3n) is 2.75. The van der Waals surface area contributed by atoms with E-state index < -0.39 is 41.8 Å². The van der Waals surface area contributed by atoms with Gasteiger partial charge in [0, 0.05) is 12.3 Å². The summed E-state index contributed by atoms with van der Waals surface area (Å²) in [6.07, 6.45) is -5.98. The summed E-state index contributed by atoms with van der Waals surface area (Å²) in [6, 6.07) is 0.973. The Morgan fingerprint density at radius 3 is 2.32 bits per heavy atom. The van der Waals surface area contributed by atoms with Gasteiger partial charge < -0.3 is 30.3 Å². The van der Waals surface area contributed by atoms with Gasteiger partial charge in [0.05, 0.1) is 0 Å². The molecule has 1 aliphatic rings. The van der Waals surface area contributed by atoms with E-state index in [0.717, 1.165) is 16.8 Å². The highest BCUT2D eigenvalue weighted by Crippen LogP contribution is 2.32. The molecule has 1 aromatic rings. The van der Waals surface area contributed by atoms with E-state index in [4.69, 9.17) is 20.1 Å². The van der Waals surface area contributed by atoms with E-state index in [1.807, 2.05) is 4.98 Å². The molecule has 0 saturated carbocycles. The summed E-state index contributed by atoms with van der Waals surface area (Å²) < 4.78 is 5.59. The first-order valence-electron chi connectivity index (χ1n) is 5.22. The third-order valence-corrected chi connectivity index (χ3v) is 2.75. The standard InChI is InChI=1S/C9H12N2O8/c12-3-1-2-11(8(15)10-3)7-5(14)4(13)6(19-7)9(16,17)18/h1-2,4-7,13-14,16-18H,(H,10,12,15)/t4-,5+,6-,7+/m0/s1. The van der Waals surface area contributed by atoms with Crippen molar-refractivity contribution in [2.75, 3.05) is 0 Å². The normalized spacial score (nSPS) is 31.6. The lowest BCUT2D eigenvalue weighted by atomic mass is 10.1. The number of hydrogen-bond donors (Lipinski definition) is 6. The van der Waals surface area contributed by atoms with Crippen molar-refractivity contribution in [3.63, 3.8) is 0 Å². The molecule has 10 heteroatoms. The van der Waals surface area contributed by atoms with Crippen molar-refractivity contribution in [2.45, 2.75) is 30.5 Å². The lowest BCUT2D eigenvalue weighted by Crippen LogP contribution is -2.49. The van der Waals surface area contributed by atoms with Crippen molar-refractivity contribution in [3.05, 3.63) is 33.1 Å². The highest BCUT2D eigenvalue weighted by molar-refractivity contribution is 4.95. The van der Waals surface area contributed by atoms with Crippen molar-refractivity contribution in [2.24, 2.45) is 0 Å². The molecule has 6 N–H and O–H groups in total. The molecule has 1 aromatic heterocycles. The van der Waals surface area contributed by atoms with Gasteiger partial charge in [0.15, 0.2) is 12.3 Å². The molecule has 1 saturated heterocycles. The highest BCUT2D eigenvalue weighted by atomic mass is 16.7. The fourth-order valence-electron chi connectivity index (χ4n) is 1.84. The van der Waals surface area contributed by atoms with Crippen molar-refractivity contribution in [3.8, 4) is 0 Å². The van der Waals surface area contributed by atoms with Gasteiger partial charge in [0.2, 0.25) is 0 Å². The van der Waals surface area contributed by atoms with Gasteiger partial charge in [-0.05, 0) is 0 Å². The fraction of sp³-hybridized carbons (Fsp3) is 0.556. The van der Waals surface area contributed by atoms with Gasteiger partial charge in [-0.15, -0.1) is 0 Å². The second kappa shape index (κ2) is 4.52. The van der Waals surface area contributed by atoms with Gasteiger partial charge in [-0.2, -0.15) is 0 Å². The molecule has 19 heavy (non-hydrogen) atoms. The third kappa shape index (κ3) is 2.45. The molecule has 0 radical (unpaired) electrons. The van der Waals surface area contributed by atoms with Crippen LogP contribution in [0.5, 0.6) is 0 Å². The van der Waals surface area contributed by atoms with Crippen LogP contribution >= 0.6 is 0 Å². The number of aliphatic hydroxyl groups excluding tert-OH is 2. The van der Waals surface area contributed by atoms with Crippen LogP contribution in [0, 0.1) is 0 Å². The Labute approximate surface area is 104 Å². The lowest BCUT2D eigenvalue weighted by molar-refractivity contribution is -0.368. The number of aliphatic hydroxyl groups is 5. The molecule has 106 valence electrons. The van der Waals surface area contributed by atoms with E-state index >= 15 is 0 Å². The minimum Gasteiger partial charge on any atom is -0.387 e. The van der Waals surface area contributed by atoms with Crippen LogP contribution in [0.15, 0.2) is 21.9 Å². The Hall–Kier alpha value is -1.56. The van der Waals surface area contributed by atoms with Crippen molar-refractivity contribution in [1.82, 2.24) is 9.55 Å². The molecule has 1 fully saturated rings. The van der Waals surface area contributed by atoms with Crippen LogP contribution in [0.1, 0.15) is 6.23 Å². The summed E-state index contributed by atoms with van der Waals surface area (Å²) in [5.74, 6) is -3.39. The number of H-pyrrole nitrogens is 1. The summed E-state index contributed by atoms with van der Waals surface area (Å²) in [6.45, 7) is 0. The predicted octanol–water partition coefficient (Wildman–Crippen LogP) is -4.21. The molecule has 0 amide bonds. The second-order valence-corrected chi connectivity index (χ2v) is 4.13. The Morgan fingerprint density at radius 1 is 1.21 bits per heavy atom. The minimum absolute atomic E-state index is 0.674. The van der Waals surface area contributed by atoms with Gasteiger partial charge in [-0.1, -0.05) is 0 Å². The molecular formula is C9H12N2O8. The first-order chi connectivity index (χ1) is 8.71. The van der Waals surface area contributed by atoms with Crippen molar-refractivity contribution >= 4 is 0 Å². The van der Waals surface area contributed by atoms with Crippen molar-refractivity contribution < 1.29 is 30.3 Å². The first-order valence-corrected chi connectivity index (χ1v) is 5.22. The molecule has 2 rings (SSSR count). The van der Waals surface area contributed by atoms with E-state index in [-0.39, 0.29) is 0 Å². The molecule has 0 spiro atoms. The molecule has 1 aliphatic heterocycles. The summed E-state index contributed by atoms with van der Waals surface area (Å²) in [7, 11) is 0. The lowest BCUT2D eigenvalue weighted by Gasteiger charge is -2.23. The number of ether oxygens (including phenoxy) is 1. The van der Waals surface area contributed by atoms with Gasteiger partial charge in [-0.3, -0.25) is 14.3 Å². The van der Waals surface area contributed by atoms with Gasteiger partial charge in [0.1, 0.15) is 12.2 Å². The Morgan fingerprint density at radius 2 is 1.84 bits per heavy atom. The van der Waals surface area contributed by atoms with Gasteiger partial charge in [0.25, 0.3) is 5.56 Å². The number of aromatic amines is 1. The Kier molecular flexibility index (Phi) is 3.30. The quantitative estimate of drug-likeness (QED) is 0.296. The smallest absolute Gasteiger partial charge is 0.330 e. The number of hydrogen-bond acceptors (Lipinski definition) is 8. The van der Waals surface area contributed by atoms with Crippen LogP contribution in [0.25, 0.3) is 0 Å². The van der Waals surface area contributed by atoms with Crippen LogP contribution in [0.4, 0.5) is 0 Å². The molecule has 0 bridgehead atoms. The number of nitrogens with one attached hydrogen (secondary N) is 1. The predicted molar refractivity (Wildman–Crippen MR) is 56.6 cm³/mol. The molecular weight excluding hydrogens is 264 g/mol. The van der Waals surface area contributed by atoms with Gasteiger partial charge in [-0.25, -0.2) is 4.79 Å². The highest BCUT2D eigenvalue weighted by Gasteiger charge is 2.53. The fourth-order valence-corrected chi connectivity index (χ4v) is 1.84. The molecule has 0 aliphatic carbocycles. The van der Waals surface area contributed by atoms with E-state index in [1.54, 1.807) is 0 Å². The van der Waals surface area contributed by atoms with Crippen LogP contribution < -0.4 is 11.2 Å².